The number of ether oxygens (including phenoxy) is 1. The smallest absolute Gasteiger partial charge is 0.266 e. The number of carbonyl (C=O) groups excluding carboxylic acids is 1. The predicted molar refractivity (Wildman–Crippen MR) is 99.3 cm³/mol. The minimum atomic E-state index is -0.654. The van der Waals surface area contributed by atoms with E-state index in [4.69, 9.17) is 16.3 Å². The van der Waals surface area contributed by atoms with Gasteiger partial charge in [-0.3, -0.25) is 10.1 Å². The van der Waals surface area contributed by atoms with E-state index in [1.165, 1.54) is 16.9 Å². The Morgan fingerprint density at radius 2 is 2.08 bits per heavy atom. The van der Waals surface area contributed by atoms with Gasteiger partial charge in [0.25, 0.3) is 5.91 Å². The molecule has 124 valence electrons. The van der Waals surface area contributed by atoms with Crippen molar-refractivity contribution in [3.8, 4) is 5.75 Å². The van der Waals surface area contributed by atoms with Crippen molar-refractivity contribution in [2.45, 2.75) is 26.9 Å². The Labute approximate surface area is 149 Å². The minimum Gasteiger partial charge on any atom is -0.481 e. The van der Waals surface area contributed by atoms with Crippen molar-refractivity contribution in [1.82, 2.24) is 4.98 Å². The first-order valence-corrected chi connectivity index (χ1v) is 8.72. The van der Waals surface area contributed by atoms with Gasteiger partial charge < -0.3 is 4.74 Å². The molecule has 3 rings (SSSR count). The molecule has 6 heteroatoms. The summed E-state index contributed by atoms with van der Waals surface area (Å²) in [7, 11) is 0. The third-order valence-corrected chi connectivity index (χ3v) is 4.69. The number of nitrogens with one attached hydrogen (secondary N) is 1. The van der Waals surface area contributed by atoms with Crippen molar-refractivity contribution in [3.63, 3.8) is 0 Å². The number of aryl methyl sites for hydroxylation is 2. The van der Waals surface area contributed by atoms with E-state index in [-0.39, 0.29) is 5.91 Å². The summed E-state index contributed by atoms with van der Waals surface area (Å²) < 4.78 is 6.69. The molecule has 3 aromatic rings. The molecule has 24 heavy (non-hydrogen) atoms. The van der Waals surface area contributed by atoms with Gasteiger partial charge in [0, 0.05) is 5.02 Å². The number of hydrogen-bond donors (Lipinski definition) is 1. The van der Waals surface area contributed by atoms with Gasteiger partial charge in [-0.15, -0.1) is 0 Å². The molecule has 0 radical (unpaired) electrons. The lowest BCUT2D eigenvalue weighted by Crippen LogP contribution is -2.30. The van der Waals surface area contributed by atoms with Crippen LogP contribution in [-0.4, -0.2) is 17.0 Å². The Bertz CT molecular complexity index is 907. The highest BCUT2D eigenvalue weighted by Crippen LogP contribution is 2.29. The third kappa shape index (κ3) is 3.68. The molecule has 0 aliphatic carbocycles. The Morgan fingerprint density at radius 1 is 1.29 bits per heavy atom. The molecule has 1 amide bonds. The minimum absolute atomic E-state index is 0.247. The lowest BCUT2D eigenvalue weighted by molar-refractivity contribution is -0.122. The normalized spacial score (nSPS) is 12.2. The van der Waals surface area contributed by atoms with Crippen LogP contribution in [0.5, 0.6) is 5.75 Å². The Kier molecular flexibility index (Phi) is 4.73. The fourth-order valence-electron chi connectivity index (χ4n) is 2.43. The van der Waals surface area contributed by atoms with Crippen LogP contribution < -0.4 is 10.1 Å². The van der Waals surface area contributed by atoms with Crippen LogP contribution in [0.4, 0.5) is 5.13 Å². The first kappa shape index (κ1) is 16.7. The van der Waals surface area contributed by atoms with Gasteiger partial charge in [-0.1, -0.05) is 35.1 Å². The zero-order valence-electron chi connectivity index (χ0n) is 13.6. The Balaban J connectivity index is 1.73. The largest absolute Gasteiger partial charge is 0.481 e. The van der Waals surface area contributed by atoms with Crippen LogP contribution in [-0.2, 0) is 4.79 Å². The summed E-state index contributed by atoms with van der Waals surface area (Å²) in [4.78, 5) is 16.8. The van der Waals surface area contributed by atoms with Crippen molar-refractivity contribution >= 4 is 44.2 Å². The number of thiazole rings is 1. The molecular formula is C18H17ClN2O2S. The molecule has 0 bridgehead atoms. The molecule has 0 fully saturated rings. The average Bonchev–Trinajstić information content (AvgIpc) is 2.89. The summed E-state index contributed by atoms with van der Waals surface area (Å²) in [5, 5.41) is 3.96. The summed E-state index contributed by atoms with van der Waals surface area (Å²) in [6.07, 6.45) is -0.654. The quantitative estimate of drug-likeness (QED) is 0.714. The van der Waals surface area contributed by atoms with E-state index >= 15 is 0 Å². The third-order valence-electron chi connectivity index (χ3n) is 3.54. The number of hydrogen-bond acceptors (Lipinski definition) is 4. The lowest BCUT2D eigenvalue weighted by Gasteiger charge is -2.13. The molecule has 0 aliphatic heterocycles. The van der Waals surface area contributed by atoms with E-state index in [0.717, 1.165) is 15.8 Å². The maximum atomic E-state index is 12.3. The van der Waals surface area contributed by atoms with Gasteiger partial charge in [0.1, 0.15) is 5.75 Å². The topological polar surface area (TPSA) is 51.2 Å². The number of aromatic nitrogens is 1. The van der Waals surface area contributed by atoms with Crippen molar-refractivity contribution in [1.29, 1.82) is 0 Å². The maximum Gasteiger partial charge on any atom is 0.266 e. The van der Waals surface area contributed by atoms with E-state index in [1.807, 2.05) is 13.8 Å². The molecule has 1 unspecified atom stereocenters. The number of rotatable bonds is 4. The number of carbonyl (C=O) groups is 1. The zero-order valence-corrected chi connectivity index (χ0v) is 15.2. The van der Waals surface area contributed by atoms with Crippen molar-refractivity contribution in [2.75, 3.05) is 5.32 Å². The van der Waals surface area contributed by atoms with Crippen molar-refractivity contribution < 1.29 is 9.53 Å². The van der Waals surface area contributed by atoms with E-state index in [2.05, 4.69) is 22.4 Å². The van der Waals surface area contributed by atoms with Crippen LogP contribution in [0, 0.1) is 13.8 Å². The molecule has 1 N–H and O–H groups in total. The van der Waals surface area contributed by atoms with Crippen molar-refractivity contribution in [2.24, 2.45) is 0 Å². The number of fused-ring (bicyclic) bond motifs is 1. The number of nitrogens with zero attached hydrogens (tertiary/aromatic N) is 1. The molecule has 4 nitrogen and oxygen atoms in total. The second-order valence-corrected chi connectivity index (χ2v) is 7.12. The van der Waals surface area contributed by atoms with Gasteiger partial charge in [0.15, 0.2) is 11.2 Å². The second-order valence-electron chi connectivity index (χ2n) is 5.65. The first-order chi connectivity index (χ1) is 11.4. The fourth-order valence-corrected chi connectivity index (χ4v) is 3.65. The van der Waals surface area contributed by atoms with E-state index in [0.29, 0.717) is 15.9 Å². The van der Waals surface area contributed by atoms with Gasteiger partial charge in [-0.2, -0.15) is 0 Å². The highest BCUT2D eigenvalue weighted by atomic mass is 35.5. The van der Waals surface area contributed by atoms with Gasteiger partial charge in [-0.25, -0.2) is 4.98 Å². The lowest BCUT2D eigenvalue weighted by atomic mass is 10.1. The molecular weight excluding hydrogens is 344 g/mol. The number of halogens is 1. The second kappa shape index (κ2) is 6.79. The van der Waals surface area contributed by atoms with Crippen LogP contribution in [0.15, 0.2) is 36.4 Å². The molecule has 1 atom stereocenters. The molecule has 0 aliphatic rings. The van der Waals surface area contributed by atoms with Gasteiger partial charge >= 0.3 is 0 Å². The van der Waals surface area contributed by atoms with Gasteiger partial charge in [0.2, 0.25) is 0 Å². The van der Waals surface area contributed by atoms with Gasteiger partial charge in [-0.05, 0) is 56.2 Å². The van der Waals surface area contributed by atoms with Crippen LogP contribution in [0.1, 0.15) is 18.1 Å². The maximum absolute atomic E-state index is 12.3. The van der Waals surface area contributed by atoms with E-state index < -0.39 is 6.10 Å². The van der Waals surface area contributed by atoms with E-state index in [9.17, 15) is 4.79 Å². The van der Waals surface area contributed by atoms with Crippen LogP contribution in [0.2, 0.25) is 5.02 Å². The van der Waals surface area contributed by atoms with Crippen LogP contribution in [0.3, 0.4) is 0 Å². The summed E-state index contributed by atoms with van der Waals surface area (Å²) in [5.41, 5.74) is 3.20. The summed E-state index contributed by atoms with van der Waals surface area (Å²) in [5.74, 6) is 0.310. The molecule has 1 heterocycles. The highest BCUT2D eigenvalue weighted by Gasteiger charge is 2.17. The van der Waals surface area contributed by atoms with E-state index in [1.54, 1.807) is 31.2 Å². The van der Waals surface area contributed by atoms with Crippen LogP contribution >= 0.6 is 22.9 Å². The van der Waals surface area contributed by atoms with Crippen LogP contribution in [0.25, 0.3) is 10.2 Å². The zero-order chi connectivity index (χ0) is 17.3. The molecule has 0 saturated heterocycles. The summed E-state index contributed by atoms with van der Waals surface area (Å²) in [6, 6.07) is 11.1. The molecule has 0 spiro atoms. The summed E-state index contributed by atoms with van der Waals surface area (Å²) in [6.45, 7) is 5.76. The Hall–Kier alpha value is -2.11. The van der Waals surface area contributed by atoms with Gasteiger partial charge in [0.05, 0.1) is 10.2 Å². The molecule has 0 saturated carbocycles. The standard InChI is InChI=1S/C18H17ClN2O2S/c1-10-7-11(2)16-15(8-10)24-18(20-16)21-17(22)12(3)23-14-6-4-5-13(19)9-14/h4-9,12H,1-3H3,(H,20,21,22). The fraction of sp³-hybridized carbons (Fsp3) is 0.222. The van der Waals surface area contributed by atoms with Crippen molar-refractivity contribution in [3.05, 3.63) is 52.5 Å². The SMILES string of the molecule is Cc1cc(C)c2nc(NC(=O)C(C)Oc3cccc(Cl)c3)sc2c1. The summed E-state index contributed by atoms with van der Waals surface area (Å²) >= 11 is 7.38. The number of benzene rings is 2. The number of anilines is 1. The predicted octanol–water partition coefficient (Wildman–Crippen LogP) is 4.97. The highest BCUT2D eigenvalue weighted by molar-refractivity contribution is 7.22. The molecule has 2 aromatic carbocycles. The monoisotopic (exact) mass is 360 g/mol. The Morgan fingerprint density at radius 3 is 2.83 bits per heavy atom. The first-order valence-electron chi connectivity index (χ1n) is 7.53. The molecule has 1 aromatic heterocycles. The number of amides is 1. The average molecular weight is 361 g/mol.